The van der Waals surface area contributed by atoms with E-state index in [1.807, 2.05) is 0 Å². The van der Waals surface area contributed by atoms with Crippen molar-refractivity contribution >= 4 is 9.84 Å². The second-order valence-corrected chi connectivity index (χ2v) is 7.04. The molecule has 0 heterocycles. The molecule has 1 aromatic carbocycles. The largest absolute Gasteiger partial charge is 0.387 e. The monoisotopic (exact) mass is 315 g/mol. The smallest absolute Gasteiger partial charge is 0.175 e. The minimum atomic E-state index is -3.19. The lowest BCUT2D eigenvalue weighted by Crippen LogP contribution is -2.25. The van der Waals surface area contributed by atoms with E-state index in [9.17, 15) is 13.5 Å². The first-order chi connectivity index (χ1) is 9.95. The van der Waals surface area contributed by atoms with E-state index in [2.05, 4.69) is 12.2 Å². The minimum absolute atomic E-state index is 0.260. The highest BCUT2D eigenvalue weighted by Crippen LogP contribution is 2.15. The molecule has 1 unspecified atom stereocenters. The SMILES string of the molecule is CCCCOCCNCC(O)c1ccc(S(C)(=O)=O)cc1. The summed E-state index contributed by atoms with van der Waals surface area (Å²) in [5.41, 5.74) is 0.696. The van der Waals surface area contributed by atoms with Crippen molar-refractivity contribution in [2.45, 2.75) is 30.8 Å². The Morgan fingerprint density at radius 2 is 1.90 bits per heavy atom. The summed E-state index contributed by atoms with van der Waals surface area (Å²) in [7, 11) is -3.19. The van der Waals surface area contributed by atoms with Crippen LogP contribution in [-0.4, -0.2) is 46.1 Å². The maximum atomic E-state index is 11.3. The molecule has 0 spiro atoms. The molecule has 1 aromatic rings. The quantitative estimate of drug-likeness (QED) is 0.640. The average molecular weight is 315 g/mol. The molecule has 1 atom stereocenters. The number of nitrogens with one attached hydrogen (secondary N) is 1. The number of sulfone groups is 1. The first kappa shape index (κ1) is 18.1. The predicted octanol–water partition coefficient (Wildman–Crippen LogP) is 1.53. The summed E-state index contributed by atoms with van der Waals surface area (Å²) in [5, 5.41) is 13.1. The third-order valence-corrected chi connectivity index (χ3v) is 4.22. The zero-order chi connectivity index (χ0) is 15.7. The summed E-state index contributed by atoms with van der Waals surface area (Å²) >= 11 is 0. The molecule has 0 aliphatic rings. The molecule has 1 rings (SSSR count). The molecule has 0 bridgehead atoms. The number of benzene rings is 1. The van der Waals surface area contributed by atoms with Crippen LogP contribution in [0.1, 0.15) is 31.4 Å². The fourth-order valence-electron chi connectivity index (χ4n) is 1.79. The van der Waals surface area contributed by atoms with Gasteiger partial charge in [0, 0.05) is 26.0 Å². The molecule has 0 radical (unpaired) electrons. The van der Waals surface area contributed by atoms with Gasteiger partial charge < -0.3 is 15.2 Å². The lowest BCUT2D eigenvalue weighted by atomic mass is 10.1. The second-order valence-electron chi connectivity index (χ2n) is 5.03. The normalized spacial score (nSPS) is 13.3. The van der Waals surface area contributed by atoms with Gasteiger partial charge in [-0.2, -0.15) is 0 Å². The number of hydrogen-bond donors (Lipinski definition) is 2. The number of aliphatic hydroxyl groups excluding tert-OH is 1. The van der Waals surface area contributed by atoms with Crippen molar-refractivity contribution in [1.82, 2.24) is 5.32 Å². The van der Waals surface area contributed by atoms with E-state index >= 15 is 0 Å². The van der Waals surface area contributed by atoms with Crippen LogP contribution < -0.4 is 5.32 Å². The molecule has 0 aliphatic heterocycles. The van der Waals surface area contributed by atoms with Crippen molar-refractivity contribution in [2.24, 2.45) is 0 Å². The number of unbranched alkanes of at least 4 members (excludes halogenated alkanes) is 1. The molecule has 0 aliphatic carbocycles. The van der Waals surface area contributed by atoms with E-state index in [0.717, 1.165) is 19.4 Å². The summed E-state index contributed by atoms with van der Waals surface area (Å²) in [6.07, 6.45) is 2.69. The molecule has 0 amide bonds. The highest BCUT2D eigenvalue weighted by atomic mass is 32.2. The van der Waals surface area contributed by atoms with Gasteiger partial charge in [-0.05, 0) is 24.1 Å². The standard InChI is InChI=1S/C15H25NO4S/c1-3-4-10-20-11-9-16-12-15(17)13-5-7-14(8-6-13)21(2,18)19/h5-8,15-17H,3-4,9-12H2,1-2H3. The van der Waals surface area contributed by atoms with Gasteiger partial charge in [-0.1, -0.05) is 25.5 Å². The molecule has 2 N–H and O–H groups in total. The van der Waals surface area contributed by atoms with Crippen LogP contribution >= 0.6 is 0 Å². The van der Waals surface area contributed by atoms with Crippen LogP contribution in [0.15, 0.2) is 29.2 Å². The Morgan fingerprint density at radius 3 is 2.48 bits per heavy atom. The molecule has 6 heteroatoms. The van der Waals surface area contributed by atoms with Crippen molar-refractivity contribution < 1.29 is 18.3 Å². The Morgan fingerprint density at radius 1 is 1.24 bits per heavy atom. The molecular weight excluding hydrogens is 290 g/mol. The number of aliphatic hydroxyl groups is 1. The molecule has 0 aromatic heterocycles. The van der Waals surface area contributed by atoms with E-state index < -0.39 is 15.9 Å². The van der Waals surface area contributed by atoms with E-state index in [4.69, 9.17) is 4.74 Å². The predicted molar refractivity (Wildman–Crippen MR) is 83.1 cm³/mol. The molecule has 120 valence electrons. The third-order valence-electron chi connectivity index (χ3n) is 3.10. The van der Waals surface area contributed by atoms with Crippen LogP contribution in [0.4, 0.5) is 0 Å². The lowest BCUT2D eigenvalue weighted by molar-refractivity contribution is 0.125. The van der Waals surface area contributed by atoms with Crippen molar-refractivity contribution in [3.63, 3.8) is 0 Å². The first-order valence-corrected chi connectivity index (χ1v) is 9.11. The molecule has 0 saturated heterocycles. The Bertz CT molecular complexity index is 499. The van der Waals surface area contributed by atoms with E-state index in [1.54, 1.807) is 12.1 Å². The van der Waals surface area contributed by atoms with Crippen LogP contribution in [0.2, 0.25) is 0 Å². The highest BCUT2D eigenvalue weighted by molar-refractivity contribution is 7.90. The van der Waals surface area contributed by atoms with Crippen LogP contribution in [0.5, 0.6) is 0 Å². The van der Waals surface area contributed by atoms with Gasteiger partial charge >= 0.3 is 0 Å². The number of hydrogen-bond acceptors (Lipinski definition) is 5. The molecule has 5 nitrogen and oxygen atoms in total. The van der Waals surface area contributed by atoms with Crippen LogP contribution in [0.3, 0.4) is 0 Å². The average Bonchev–Trinajstić information content (AvgIpc) is 2.45. The molecule has 21 heavy (non-hydrogen) atoms. The van der Waals surface area contributed by atoms with Gasteiger partial charge in [0.05, 0.1) is 17.6 Å². The van der Waals surface area contributed by atoms with Crippen LogP contribution in [-0.2, 0) is 14.6 Å². The first-order valence-electron chi connectivity index (χ1n) is 7.21. The Balaban J connectivity index is 2.31. The van der Waals surface area contributed by atoms with Crippen LogP contribution in [0.25, 0.3) is 0 Å². The zero-order valence-electron chi connectivity index (χ0n) is 12.7. The van der Waals surface area contributed by atoms with Crippen LogP contribution in [0, 0.1) is 0 Å². The maximum Gasteiger partial charge on any atom is 0.175 e. The van der Waals surface area contributed by atoms with Gasteiger partial charge in [-0.15, -0.1) is 0 Å². The highest BCUT2D eigenvalue weighted by Gasteiger charge is 2.10. The van der Waals surface area contributed by atoms with Gasteiger partial charge in [-0.3, -0.25) is 0 Å². The van der Waals surface area contributed by atoms with Gasteiger partial charge in [0.25, 0.3) is 0 Å². The summed E-state index contributed by atoms with van der Waals surface area (Å²) < 4.78 is 28.1. The Hall–Kier alpha value is -0.950. The van der Waals surface area contributed by atoms with Crippen molar-refractivity contribution in [3.05, 3.63) is 29.8 Å². The molecule has 0 fully saturated rings. The fourth-order valence-corrected chi connectivity index (χ4v) is 2.42. The van der Waals surface area contributed by atoms with Gasteiger partial charge in [-0.25, -0.2) is 8.42 Å². The van der Waals surface area contributed by atoms with E-state index in [1.165, 1.54) is 18.4 Å². The van der Waals surface area contributed by atoms with Crippen molar-refractivity contribution in [3.8, 4) is 0 Å². The molecular formula is C15H25NO4S. The fraction of sp³-hybridized carbons (Fsp3) is 0.600. The lowest BCUT2D eigenvalue weighted by Gasteiger charge is -2.13. The zero-order valence-corrected chi connectivity index (χ0v) is 13.5. The second kappa shape index (κ2) is 9.15. The Labute approximate surface area is 127 Å². The molecule has 0 saturated carbocycles. The number of ether oxygens (including phenoxy) is 1. The van der Waals surface area contributed by atoms with Gasteiger partial charge in [0.15, 0.2) is 9.84 Å². The number of rotatable bonds is 10. The third kappa shape index (κ3) is 7.04. The summed E-state index contributed by atoms with van der Waals surface area (Å²) in [6, 6.07) is 6.31. The summed E-state index contributed by atoms with van der Waals surface area (Å²) in [6.45, 7) is 4.61. The Kier molecular flexibility index (Phi) is 7.88. The topological polar surface area (TPSA) is 75.6 Å². The van der Waals surface area contributed by atoms with Crippen molar-refractivity contribution in [1.29, 1.82) is 0 Å². The summed E-state index contributed by atoms with van der Waals surface area (Å²) in [4.78, 5) is 0.260. The van der Waals surface area contributed by atoms with Crippen molar-refractivity contribution in [2.75, 3.05) is 32.6 Å². The van der Waals surface area contributed by atoms with E-state index in [0.29, 0.717) is 25.3 Å². The van der Waals surface area contributed by atoms with Gasteiger partial charge in [0.1, 0.15) is 0 Å². The van der Waals surface area contributed by atoms with E-state index in [-0.39, 0.29) is 4.90 Å². The summed E-state index contributed by atoms with van der Waals surface area (Å²) in [5.74, 6) is 0. The van der Waals surface area contributed by atoms with Gasteiger partial charge in [0.2, 0.25) is 0 Å². The minimum Gasteiger partial charge on any atom is -0.387 e. The maximum absolute atomic E-state index is 11.3.